The lowest BCUT2D eigenvalue weighted by molar-refractivity contribution is -0.136. The number of aromatic nitrogens is 3. The summed E-state index contributed by atoms with van der Waals surface area (Å²) in [7, 11) is 0. The second-order valence-electron chi connectivity index (χ2n) is 19.1. The van der Waals surface area contributed by atoms with Crippen molar-refractivity contribution >= 4 is 68.3 Å². The number of imide groups is 2. The number of ether oxygens (including phenoxy) is 1. The van der Waals surface area contributed by atoms with E-state index in [1.54, 1.807) is 34.5 Å². The number of likely N-dealkylation sites (tertiary alicyclic amines) is 1. The van der Waals surface area contributed by atoms with Crippen LogP contribution in [0, 0.1) is 17.3 Å². The van der Waals surface area contributed by atoms with Gasteiger partial charge in [-0.25, -0.2) is 13.8 Å². The summed E-state index contributed by atoms with van der Waals surface area (Å²) in [4.78, 5) is 75.2. The minimum absolute atomic E-state index is 0.0182. The molecule has 4 saturated heterocycles. The van der Waals surface area contributed by atoms with E-state index in [1.807, 2.05) is 12.1 Å². The molecular weight excluding hydrogens is 845 g/mol. The van der Waals surface area contributed by atoms with Crippen molar-refractivity contribution in [2.45, 2.75) is 101 Å². The Hall–Kier alpha value is -5.33. The molecular formula is C46H51F2N9O6S. The predicted molar refractivity (Wildman–Crippen MR) is 234 cm³/mol. The number of amides is 5. The maximum absolute atomic E-state index is 14.3. The standard InChI is InChI=1S/C46H51F2N9O6S/c47-41(48)40-33(50-42(59)31-24-64-35-9-10-36(51-39(31)35)55-21-29-16-28(55)23-63-29)22-56(53-40)27-6-4-25(5-7-27)20-54-14-12-46(13-15-54)17-26(18-46)19-49-32-3-1-2-30-38(32)45(62)57(44(30)61)34-8-11-37(58)52-43(34)60/h1-3,9-10,22,24-29,34,41,49H,4-8,11-21,23H2,(H,50,59)(H,52,58,60)/t25-,27-,28?,29-,34?/m1/s1. The number of alkyl halides is 2. The van der Waals surface area contributed by atoms with Crippen LogP contribution in [0.3, 0.4) is 0 Å². The first kappa shape index (κ1) is 41.4. The van der Waals surface area contributed by atoms with Crippen LogP contribution < -0.4 is 20.9 Å². The van der Waals surface area contributed by atoms with Crippen LogP contribution in [-0.4, -0.2) is 112 Å². The van der Waals surface area contributed by atoms with Crippen molar-refractivity contribution in [2.75, 3.05) is 54.9 Å². The number of fused-ring (bicyclic) bond motifs is 4. The van der Waals surface area contributed by atoms with Crippen molar-refractivity contribution in [1.82, 2.24) is 29.9 Å². The summed E-state index contributed by atoms with van der Waals surface area (Å²) >= 11 is 1.41. The summed E-state index contributed by atoms with van der Waals surface area (Å²) in [5.41, 5.74) is 2.04. The average Bonchev–Trinajstić information content (AvgIpc) is 4.13. The fourth-order valence-electron chi connectivity index (χ4n) is 11.7. The maximum atomic E-state index is 14.3. The van der Waals surface area contributed by atoms with Crippen LogP contribution >= 0.6 is 11.3 Å². The molecule has 8 heterocycles. The Labute approximate surface area is 372 Å². The highest BCUT2D eigenvalue weighted by Crippen LogP contribution is 2.53. The fourth-order valence-corrected chi connectivity index (χ4v) is 12.6. The fraction of sp³-hybridized carbons (Fsp3) is 0.543. The number of carbonyl (C=O) groups is 5. The molecule has 2 unspecified atom stereocenters. The predicted octanol–water partition coefficient (Wildman–Crippen LogP) is 6.40. The second kappa shape index (κ2) is 16.3. The van der Waals surface area contributed by atoms with Gasteiger partial charge < -0.3 is 25.2 Å². The number of piperidine rings is 2. The van der Waals surface area contributed by atoms with E-state index in [0.29, 0.717) is 52.7 Å². The third kappa shape index (κ3) is 7.44. The van der Waals surface area contributed by atoms with E-state index in [4.69, 9.17) is 9.72 Å². The van der Waals surface area contributed by atoms with Gasteiger partial charge in [0.2, 0.25) is 11.8 Å². The Morgan fingerprint density at radius 1 is 0.969 bits per heavy atom. The van der Waals surface area contributed by atoms with Gasteiger partial charge in [0, 0.05) is 43.3 Å². The van der Waals surface area contributed by atoms with E-state index in [1.165, 1.54) is 11.3 Å². The van der Waals surface area contributed by atoms with E-state index >= 15 is 0 Å². The summed E-state index contributed by atoms with van der Waals surface area (Å²) in [6, 6.07) is 8.37. The number of hydrogen-bond donors (Lipinski definition) is 3. The van der Waals surface area contributed by atoms with Crippen molar-refractivity contribution in [3.05, 3.63) is 64.3 Å². The first-order valence-electron chi connectivity index (χ1n) is 22.7. The molecule has 7 aliphatic rings. The smallest absolute Gasteiger partial charge is 0.284 e. The quantitative estimate of drug-likeness (QED) is 0.143. The molecule has 6 fully saturated rings. The molecule has 3 aromatic heterocycles. The molecule has 3 atom stereocenters. The van der Waals surface area contributed by atoms with Crippen LogP contribution in [0.4, 0.5) is 26.0 Å². The zero-order chi connectivity index (χ0) is 43.9. The third-order valence-corrected chi connectivity index (χ3v) is 16.1. The van der Waals surface area contributed by atoms with Gasteiger partial charge in [-0.15, -0.1) is 11.3 Å². The second-order valence-corrected chi connectivity index (χ2v) is 20.0. The van der Waals surface area contributed by atoms with E-state index < -0.39 is 47.7 Å². The molecule has 5 aliphatic heterocycles. The molecule has 18 heteroatoms. The van der Waals surface area contributed by atoms with Gasteiger partial charge in [0.15, 0.2) is 5.69 Å². The first-order chi connectivity index (χ1) is 31.0. The van der Waals surface area contributed by atoms with E-state index in [0.717, 1.165) is 99.4 Å². The van der Waals surface area contributed by atoms with Crippen molar-refractivity contribution in [1.29, 1.82) is 0 Å². The Kier molecular flexibility index (Phi) is 10.5. The van der Waals surface area contributed by atoms with Gasteiger partial charge in [-0.2, -0.15) is 5.10 Å². The zero-order valence-electron chi connectivity index (χ0n) is 35.4. The lowest BCUT2D eigenvalue weighted by Crippen LogP contribution is -2.54. The van der Waals surface area contributed by atoms with Crippen LogP contribution in [0.5, 0.6) is 0 Å². The van der Waals surface area contributed by atoms with Gasteiger partial charge >= 0.3 is 0 Å². The van der Waals surface area contributed by atoms with Crippen molar-refractivity contribution in [3.63, 3.8) is 0 Å². The maximum Gasteiger partial charge on any atom is 0.284 e. The Balaban J connectivity index is 0.645. The van der Waals surface area contributed by atoms with Crippen LogP contribution in [0.15, 0.2) is 41.9 Å². The highest BCUT2D eigenvalue weighted by Gasteiger charge is 2.48. The van der Waals surface area contributed by atoms with Crippen molar-refractivity contribution in [2.24, 2.45) is 17.3 Å². The van der Waals surface area contributed by atoms with Gasteiger partial charge in [-0.3, -0.25) is 38.9 Å². The topological polar surface area (TPSA) is 171 Å². The lowest BCUT2D eigenvalue weighted by Gasteiger charge is -2.53. The van der Waals surface area contributed by atoms with Gasteiger partial charge in [0.1, 0.15) is 11.9 Å². The molecule has 5 amide bonds. The zero-order valence-corrected chi connectivity index (χ0v) is 36.2. The molecule has 2 bridgehead atoms. The minimum atomic E-state index is -2.84. The number of nitrogens with one attached hydrogen (secondary N) is 3. The number of thiophene rings is 1. The van der Waals surface area contributed by atoms with Gasteiger partial charge in [0.25, 0.3) is 24.1 Å². The third-order valence-electron chi connectivity index (χ3n) is 15.2. The van der Waals surface area contributed by atoms with Gasteiger partial charge in [-0.05, 0) is 119 Å². The van der Waals surface area contributed by atoms with Crippen LogP contribution in [0.2, 0.25) is 0 Å². The molecule has 11 rings (SSSR count). The van der Waals surface area contributed by atoms with Crippen molar-refractivity contribution in [3.8, 4) is 0 Å². The average molecular weight is 896 g/mol. The number of rotatable bonds is 11. The Morgan fingerprint density at radius 3 is 2.52 bits per heavy atom. The summed E-state index contributed by atoms with van der Waals surface area (Å²) in [5.74, 6) is -0.733. The molecule has 2 aliphatic carbocycles. The molecule has 1 aromatic carbocycles. The van der Waals surface area contributed by atoms with E-state index in [2.05, 4.69) is 30.8 Å². The summed E-state index contributed by atoms with van der Waals surface area (Å²) in [6.07, 6.45) is 8.22. The summed E-state index contributed by atoms with van der Waals surface area (Å²) in [5, 5.41) is 14.5. The largest absolute Gasteiger partial charge is 0.384 e. The van der Waals surface area contributed by atoms with Crippen LogP contribution in [0.1, 0.15) is 120 Å². The van der Waals surface area contributed by atoms with Crippen molar-refractivity contribution < 1.29 is 37.5 Å². The molecule has 64 heavy (non-hydrogen) atoms. The molecule has 336 valence electrons. The lowest BCUT2D eigenvalue weighted by atomic mass is 9.57. The minimum Gasteiger partial charge on any atom is -0.384 e. The molecule has 15 nitrogen and oxygen atoms in total. The van der Waals surface area contributed by atoms with E-state index in [-0.39, 0.29) is 42.3 Å². The molecule has 4 aromatic rings. The molecule has 0 radical (unpaired) electrons. The number of anilines is 3. The number of benzene rings is 1. The number of pyridine rings is 1. The normalized spacial score (nSPS) is 26.9. The number of morpholine rings is 1. The van der Waals surface area contributed by atoms with Crippen LogP contribution in [-0.2, 0) is 14.3 Å². The highest BCUT2D eigenvalue weighted by atomic mass is 32.1. The SMILES string of the molecule is O=C1CCC(N2C(=O)c3cccc(NCC4CC5(CCN(C[C@H]6CC[C@H](n7cc(NC(=O)c8csc9ccc(N%10C[C@H]%11CC%10CO%11)nc89)c(C(F)F)n7)CC6)CC5)C4)c3C2=O)C(=O)N1. The molecule has 2 saturated carbocycles. The van der Waals surface area contributed by atoms with Gasteiger partial charge in [-0.1, -0.05) is 6.07 Å². The van der Waals surface area contributed by atoms with E-state index in [9.17, 15) is 32.8 Å². The van der Waals surface area contributed by atoms with Gasteiger partial charge in [0.05, 0.1) is 57.4 Å². The van der Waals surface area contributed by atoms with Crippen LogP contribution in [0.25, 0.3) is 10.2 Å². The number of carbonyl (C=O) groups excluding carboxylic acids is 5. The summed E-state index contributed by atoms with van der Waals surface area (Å²) < 4.78 is 36.9. The number of halogens is 2. The first-order valence-corrected chi connectivity index (χ1v) is 23.6. The highest BCUT2D eigenvalue weighted by molar-refractivity contribution is 7.17. The number of nitrogens with zero attached hydrogens (tertiary/aromatic N) is 6. The Morgan fingerprint density at radius 2 is 1.78 bits per heavy atom. The monoisotopic (exact) mass is 895 g/mol. The summed E-state index contributed by atoms with van der Waals surface area (Å²) in [6.45, 7) is 5.24. The molecule has 3 N–H and O–H groups in total. The number of hydrogen-bond acceptors (Lipinski definition) is 12. The molecule has 1 spiro atoms. The Bertz CT molecular complexity index is 2540.